The molecular formula is C8H20NO3P. The lowest BCUT2D eigenvalue weighted by atomic mass is 10.3. The summed E-state index contributed by atoms with van der Waals surface area (Å²) in [6, 6.07) is 0. The zero-order valence-electron chi connectivity index (χ0n) is 8.49. The molecule has 0 aliphatic heterocycles. The minimum absolute atomic E-state index is 0.430. The van der Waals surface area contributed by atoms with Crippen molar-refractivity contribution in [2.24, 2.45) is 5.73 Å². The molecule has 0 aromatic heterocycles. The van der Waals surface area contributed by atoms with Gasteiger partial charge in [-0.15, -0.1) is 0 Å². The third-order valence-electron chi connectivity index (χ3n) is 1.54. The monoisotopic (exact) mass is 209 g/mol. The number of hydrogen-bond acceptors (Lipinski definition) is 4. The van der Waals surface area contributed by atoms with Crippen LogP contribution in [0.5, 0.6) is 0 Å². The lowest BCUT2D eigenvalue weighted by Gasteiger charge is -2.16. The molecule has 5 heteroatoms. The molecule has 0 atom stereocenters. The second-order valence-corrected chi connectivity index (χ2v) is 4.85. The van der Waals surface area contributed by atoms with E-state index in [0.29, 0.717) is 25.9 Å². The van der Waals surface area contributed by atoms with Crippen LogP contribution in [-0.2, 0) is 13.6 Å². The van der Waals surface area contributed by atoms with Gasteiger partial charge < -0.3 is 14.8 Å². The van der Waals surface area contributed by atoms with Gasteiger partial charge in [-0.1, -0.05) is 0 Å². The van der Waals surface area contributed by atoms with E-state index < -0.39 is 7.60 Å². The summed E-state index contributed by atoms with van der Waals surface area (Å²) < 4.78 is 22.0. The summed E-state index contributed by atoms with van der Waals surface area (Å²) in [5.74, 6) is 0. The topological polar surface area (TPSA) is 61.5 Å². The normalized spacial score (nSPS) is 11.9. The van der Waals surface area contributed by atoms with Crippen LogP contribution in [0, 0.1) is 0 Å². The van der Waals surface area contributed by atoms with E-state index in [1.165, 1.54) is 0 Å². The van der Waals surface area contributed by atoms with E-state index in [9.17, 15) is 4.57 Å². The molecule has 80 valence electrons. The average molecular weight is 209 g/mol. The Morgan fingerprint density at radius 1 is 1.15 bits per heavy atom. The summed E-state index contributed by atoms with van der Waals surface area (Å²) >= 11 is 0. The second-order valence-electron chi connectivity index (χ2n) is 2.67. The highest BCUT2D eigenvalue weighted by molar-refractivity contribution is 7.53. The van der Waals surface area contributed by atoms with Crippen LogP contribution in [0.2, 0.25) is 0 Å². The van der Waals surface area contributed by atoms with Crippen LogP contribution in [-0.4, -0.2) is 25.9 Å². The first-order chi connectivity index (χ1) is 6.18. The van der Waals surface area contributed by atoms with E-state index in [1.54, 1.807) is 0 Å². The van der Waals surface area contributed by atoms with Gasteiger partial charge in [0.05, 0.1) is 19.4 Å². The standard InChI is InChI=1S/C8H20NO3P/c1-3-11-13(10,12-4-2)8-6-5-7-9/h3-9H2,1-2H3. The van der Waals surface area contributed by atoms with Gasteiger partial charge >= 0.3 is 7.60 Å². The van der Waals surface area contributed by atoms with Crippen molar-refractivity contribution in [1.29, 1.82) is 0 Å². The Labute approximate surface area is 80.3 Å². The Hall–Kier alpha value is 0.110. The molecule has 0 aromatic carbocycles. The molecule has 0 radical (unpaired) electrons. The third kappa shape index (κ3) is 6.22. The Bertz CT molecular complexity index is 153. The number of unbranched alkanes of at least 4 members (excludes halogenated alkanes) is 1. The van der Waals surface area contributed by atoms with Crippen LogP contribution in [0.3, 0.4) is 0 Å². The number of hydrogen-bond donors (Lipinski definition) is 1. The molecule has 0 saturated heterocycles. The molecule has 4 nitrogen and oxygen atoms in total. The molecular weight excluding hydrogens is 189 g/mol. The summed E-state index contributed by atoms with van der Waals surface area (Å²) in [6.07, 6.45) is 2.14. The predicted molar refractivity (Wildman–Crippen MR) is 54.0 cm³/mol. The molecule has 0 unspecified atom stereocenters. The zero-order valence-corrected chi connectivity index (χ0v) is 9.39. The van der Waals surface area contributed by atoms with Gasteiger partial charge in [0.2, 0.25) is 0 Å². The van der Waals surface area contributed by atoms with Gasteiger partial charge in [-0.2, -0.15) is 0 Å². The fourth-order valence-corrected chi connectivity index (χ4v) is 2.74. The Kier molecular flexibility index (Phi) is 7.57. The largest absolute Gasteiger partial charge is 0.330 e. The van der Waals surface area contributed by atoms with Crippen LogP contribution in [0.25, 0.3) is 0 Å². The van der Waals surface area contributed by atoms with Gasteiger partial charge in [-0.25, -0.2) is 0 Å². The molecule has 0 spiro atoms. The van der Waals surface area contributed by atoms with E-state index in [0.717, 1.165) is 12.8 Å². The summed E-state index contributed by atoms with van der Waals surface area (Å²) in [5, 5.41) is 0. The average Bonchev–Trinajstić information content (AvgIpc) is 2.05. The number of nitrogens with two attached hydrogens (primary N) is 1. The third-order valence-corrected chi connectivity index (χ3v) is 3.70. The van der Waals surface area contributed by atoms with Gasteiger partial charge in [0.15, 0.2) is 0 Å². The quantitative estimate of drug-likeness (QED) is 0.490. The van der Waals surface area contributed by atoms with Crippen LogP contribution < -0.4 is 5.73 Å². The van der Waals surface area contributed by atoms with E-state index in [4.69, 9.17) is 14.8 Å². The van der Waals surface area contributed by atoms with Crippen molar-refractivity contribution in [1.82, 2.24) is 0 Å². The smallest absolute Gasteiger partial charge is 0.330 e. The van der Waals surface area contributed by atoms with Crippen molar-refractivity contribution < 1.29 is 13.6 Å². The first kappa shape index (κ1) is 13.1. The van der Waals surface area contributed by atoms with Crippen molar-refractivity contribution in [2.45, 2.75) is 26.7 Å². The minimum atomic E-state index is -2.80. The summed E-state index contributed by atoms with van der Waals surface area (Å²) in [7, 11) is -2.80. The molecule has 0 aromatic rings. The van der Waals surface area contributed by atoms with Gasteiger partial charge in [0.25, 0.3) is 0 Å². The van der Waals surface area contributed by atoms with E-state index in [2.05, 4.69) is 0 Å². The fourth-order valence-electron chi connectivity index (χ4n) is 1.01. The molecule has 0 aliphatic carbocycles. The van der Waals surface area contributed by atoms with Gasteiger partial charge in [-0.05, 0) is 33.2 Å². The van der Waals surface area contributed by atoms with Crippen molar-refractivity contribution in [3.63, 3.8) is 0 Å². The Morgan fingerprint density at radius 3 is 2.08 bits per heavy atom. The van der Waals surface area contributed by atoms with Crippen molar-refractivity contribution >= 4 is 7.60 Å². The molecule has 0 heterocycles. The maximum atomic E-state index is 11.8. The molecule has 0 fully saturated rings. The maximum absolute atomic E-state index is 11.8. The summed E-state index contributed by atoms with van der Waals surface area (Å²) in [5.41, 5.74) is 5.33. The Balaban J connectivity index is 3.85. The number of rotatable bonds is 8. The molecule has 0 saturated carbocycles. The molecule has 0 aliphatic rings. The van der Waals surface area contributed by atoms with Gasteiger partial charge in [0, 0.05) is 0 Å². The second kappa shape index (κ2) is 7.51. The highest BCUT2D eigenvalue weighted by Crippen LogP contribution is 2.48. The van der Waals surface area contributed by atoms with E-state index in [1.807, 2.05) is 13.8 Å². The van der Waals surface area contributed by atoms with Crippen LogP contribution in [0.4, 0.5) is 0 Å². The van der Waals surface area contributed by atoms with Crippen molar-refractivity contribution in [2.75, 3.05) is 25.9 Å². The molecule has 0 amide bonds. The first-order valence-electron chi connectivity index (χ1n) is 4.76. The lowest BCUT2D eigenvalue weighted by Crippen LogP contribution is -2.03. The molecule has 0 bridgehead atoms. The molecule has 13 heavy (non-hydrogen) atoms. The van der Waals surface area contributed by atoms with Gasteiger partial charge in [0.1, 0.15) is 0 Å². The van der Waals surface area contributed by atoms with Crippen LogP contribution in [0.1, 0.15) is 26.7 Å². The van der Waals surface area contributed by atoms with Crippen LogP contribution in [0.15, 0.2) is 0 Å². The minimum Gasteiger partial charge on any atom is -0.330 e. The lowest BCUT2D eigenvalue weighted by molar-refractivity contribution is 0.219. The SMILES string of the molecule is CCOP(=O)(CCCCN)OCC. The molecule has 0 rings (SSSR count). The van der Waals surface area contributed by atoms with Crippen molar-refractivity contribution in [3.05, 3.63) is 0 Å². The highest BCUT2D eigenvalue weighted by atomic mass is 31.2. The summed E-state index contributed by atoms with van der Waals surface area (Å²) in [6.45, 7) is 5.11. The summed E-state index contributed by atoms with van der Waals surface area (Å²) in [4.78, 5) is 0. The van der Waals surface area contributed by atoms with Crippen molar-refractivity contribution in [3.8, 4) is 0 Å². The van der Waals surface area contributed by atoms with Gasteiger partial charge in [-0.3, -0.25) is 4.57 Å². The van der Waals surface area contributed by atoms with Crippen LogP contribution >= 0.6 is 7.60 Å². The van der Waals surface area contributed by atoms with E-state index in [-0.39, 0.29) is 0 Å². The zero-order chi connectivity index (χ0) is 10.2. The fraction of sp³-hybridized carbons (Fsp3) is 1.00. The molecule has 2 N–H and O–H groups in total. The first-order valence-corrected chi connectivity index (χ1v) is 6.49. The van der Waals surface area contributed by atoms with E-state index >= 15 is 0 Å². The maximum Gasteiger partial charge on any atom is 0.330 e. The highest BCUT2D eigenvalue weighted by Gasteiger charge is 2.21. The Morgan fingerprint density at radius 2 is 1.69 bits per heavy atom. The predicted octanol–water partition coefficient (Wildman–Crippen LogP) is 1.99.